The second-order valence-corrected chi connectivity index (χ2v) is 49.5. The van der Waals surface area contributed by atoms with Crippen molar-refractivity contribution in [1.29, 1.82) is 0 Å². The molecule has 28 aliphatic carbocycles. The molecule has 0 radical (unpaired) electrons. The molecule has 1 aliphatic heterocycles. The van der Waals surface area contributed by atoms with E-state index in [0.29, 0.717) is 157 Å². The maximum Gasteiger partial charge on any atom is 0.377 e. The van der Waals surface area contributed by atoms with Crippen molar-refractivity contribution in [3.8, 4) is 0 Å². The van der Waals surface area contributed by atoms with Gasteiger partial charge in [0.15, 0.2) is 39.2 Å². The largest absolute Gasteiger partial charge is 0.459 e. The van der Waals surface area contributed by atoms with Crippen LogP contribution < -0.4 is 0 Å². The molecule has 1 spiro atoms. The summed E-state index contributed by atoms with van der Waals surface area (Å²) in [6.45, 7) is 0.193. The zero-order valence-corrected chi connectivity index (χ0v) is 82.2. The highest BCUT2D eigenvalue weighted by Gasteiger charge is 2.72. The van der Waals surface area contributed by atoms with E-state index in [-0.39, 0.29) is 80.0 Å². The smallest absolute Gasteiger partial charge is 0.377 e. The van der Waals surface area contributed by atoms with Crippen LogP contribution in [0.3, 0.4) is 0 Å². The van der Waals surface area contributed by atoms with Crippen LogP contribution in [0.5, 0.6) is 0 Å². The predicted octanol–water partition coefficient (Wildman–Crippen LogP) is 20.3. The van der Waals surface area contributed by atoms with E-state index in [1.54, 1.807) is 0 Å². The Hall–Kier alpha value is -6.09. The van der Waals surface area contributed by atoms with Crippen LogP contribution in [0.4, 0.5) is 70.2 Å². The normalized spacial score (nSPS) is 42.4. The molecule has 8 unspecified atom stereocenters. The van der Waals surface area contributed by atoms with Gasteiger partial charge in [0.05, 0.1) is 33.4 Å². The van der Waals surface area contributed by atoms with Crippen molar-refractivity contribution in [1.82, 2.24) is 0 Å². The molecule has 8 atom stereocenters. The number of esters is 9. The molecule has 1 N–H and O–H groups in total. The van der Waals surface area contributed by atoms with E-state index in [4.69, 9.17) is 56.8 Å². The van der Waals surface area contributed by atoms with Gasteiger partial charge in [-0.2, -0.15) is 52.7 Å². The van der Waals surface area contributed by atoms with Gasteiger partial charge in [-0.25, -0.2) is 41.5 Å². The Morgan fingerprint density at radius 1 is 0.338 bits per heavy atom. The SMILES string of the molecule is CC(F)(F)C(=O)OC12CC3CC(C1)C1(OCC(F)(F)C(F)(F)CO1)C(C3)C2.CC(F)(F)C(=O)OC1C2CC3CC1CC(C(=O)OCOC1C4CC5CC(C4)CC1C5)(C3)C2.CC(F)(F)COC(=O)C12CC3CC(CC(C3)C1)C2.CC(F)(F)COC(=O)C12CC3CC(CC(O)(C3)C1)C2.CCC1(OC(=O)COC(=O)C(C)(F)F)C2CC3CC(C2)CC1C3.COCOC(=O)C12CC3CC(C1)C(OC(=O)C(C)(F)F)C(C3)C2. The minimum absolute atomic E-state index is 0.0166. The molecule has 1 heterocycles. The number of ether oxygens (including phenoxy) is 13. The van der Waals surface area contributed by atoms with E-state index in [1.165, 1.54) is 64.9 Å². The highest BCUT2D eigenvalue weighted by molar-refractivity contribution is 5.82. The van der Waals surface area contributed by atoms with Crippen molar-refractivity contribution in [3.63, 3.8) is 0 Å². The number of methoxy groups -OCH3 is 1. The van der Waals surface area contributed by atoms with Crippen LogP contribution in [0.25, 0.3) is 0 Å². The summed E-state index contributed by atoms with van der Waals surface area (Å²) in [6, 6.07) is 0. The highest BCUT2D eigenvalue weighted by atomic mass is 19.3. The van der Waals surface area contributed by atoms with Gasteiger partial charge in [-0.05, 0) is 362 Å². The topological polar surface area (TPSA) is 294 Å². The summed E-state index contributed by atoms with van der Waals surface area (Å²) in [6.07, 6.45) is 31.2. The molecule has 29 fully saturated rings. The van der Waals surface area contributed by atoms with Gasteiger partial charge in [-0.3, -0.25) is 19.2 Å². The third kappa shape index (κ3) is 22.1. The first-order chi connectivity index (χ1) is 66.0. The molecule has 28 bridgehead atoms. The Balaban J connectivity index is 0.000000118. The standard InChI is InChI=1S/C25H34F2O5.C17H20F6O4.C17H24F2O4.C16H22F2O5.C14H20F2O3.C14H20F2O2/c1-24(26,27)22(28)32-21-18-7-15-8-19(21)11-25(9-15,10-18)23(29)31-12-30-20-16-3-13-2-14(5-16)6-17(20)4-13;1-13(18,19)12(24)27-14-4-9-2-10(5-14)17(11(3-9)6-14)25-7-15(20,21)16(22,23)8-26-17;1-3-17(23-14(20)9-22-15(21)16(2,18)19)12-5-10-4-11(7-12)8-13(17)6-10;1-15(17,18)13(19)23-12-10-3-9-4-11(12)7-16(5-9,6-10)14(20)22-8-21-2;1-12(15,16)8-19-11(17)13-3-9-2-10(4-13)6-14(18,5-9)7-13;1-13(15,16)8-18-12(17)14-5-9-2-10(6-14)4-11(3-9)7-14/h13-21H,2-12H2,1H3;9-11H,2-8H2,1H3;10-13H,3-9H2,1-2H3;9-12H,3-8H2,1-2H3;9-10,18H,2-8H2,1H3;9-11H,2-8H2,1H3. The second kappa shape index (κ2) is 38.7. The molecule has 28 saturated carbocycles. The van der Waals surface area contributed by atoms with E-state index in [2.05, 4.69) is 4.74 Å². The molecule has 142 heavy (non-hydrogen) atoms. The summed E-state index contributed by atoms with van der Waals surface area (Å²) in [7, 11) is 1.45. The van der Waals surface area contributed by atoms with Crippen LogP contribution in [0.15, 0.2) is 0 Å². The van der Waals surface area contributed by atoms with E-state index in [1.807, 2.05) is 6.92 Å². The van der Waals surface area contributed by atoms with Crippen molar-refractivity contribution in [2.75, 3.05) is 53.7 Å². The molecule has 0 amide bonds. The minimum Gasteiger partial charge on any atom is -0.459 e. The molecule has 1 saturated heterocycles. The predicted molar refractivity (Wildman–Crippen MR) is 465 cm³/mol. The number of halogens is 16. The van der Waals surface area contributed by atoms with Gasteiger partial charge < -0.3 is 66.7 Å². The number of rotatable bonds is 24. The summed E-state index contributed by atoms with van der Waals surface area (Å²) >= 11 is 0. The summed E-state index contributed by atoms with van der Waals surface area (Å²) in [5.41, 5.74) is -4.66. The van der Waals surface area contributed by atoms with Crippen molar-refractivity contribution in [2.24, 2.45) is 152 Å². The number of alkyl halides is 16. The molecular formula is C103H140F16O23. The van der Waals surface area contributed by atoms with Gasteiger partial charge in [0, 0.05) is 60.5 Å². The third-order valence-corrected chi connectivity index (χ3v) is 37.7. The molecule has 39 heteroatoms. The Morgan fingerprint density at radius 3 is 1.05 bits per heavy atom. The number of hydrogen-bond donors (Lipinski definition) is 1. The summed E-state index contributed by atoms with van der Waals surface area (Å²) < 4.78 is 279. The Morgan fingerprint density at radius 2 is 0.669 bits per heavy atom. The van der Waals surface area contributed by atoms with E-state index >= 15 is 0 Å². The first kappa shape index (κ1) is 107. The van der Waals surface area contributed by atoms with Gasteiger partial charge in [-0.15, -0.1) is 0 Å². The second-order valence-electron chi connectivity index (χ2n) is 49.5. The number of carbonyl (C=O) groups is 9. The van der Waals surface area contributed by atoms with Crippen molar-refractivity contribution >= 4 is 53.7 Å². The zero-order valence-electron chi connectivity index (χ0n) is 82.2. The Bertz CT molecular complexity index is 4470. The first-order valence-corrected chi connectivity index (χ1v) is 51.9. The lowest BCUT2D eigenvalue weighted by molar-refractivity contribution is -0.355. The fourth-order valence-electron chi connectivity index (χ4n) is 34.2. The lowest BCUT2D eigenvalue weighted by Gasteiger charge is -2.63. The molecule has 29 rings (SSSR count). The number of hydrogen-bond acceptors (Lipinski definition) is 23. The highest BCUT2D eigenvalue weighted by Crippen LogP contribution is 2.70. The fourth-order valence-corrected chi connectivity index (χ4v) is 34.2. The van der Waals surface area contributed by atoms with Crippen LogP contribution in [-0.4, -0.2) is 201 Å². The van der Waals surface area contributed by atoms with Crippen LogP contribution >= 0.6 is 0 Å². The molecule has 0 aromatic carbocycles. The van der Waals surface area contributed by atoms with Crippen LogP contribution in [0.1, 0.15) is 292 Å². The van der Waals surface area contributed by atoms with Crippen LogP contribution in [0, 0.1) is 152 Å². The summed E-state index contributed by atoms with van der Waals surface area (Å²) in [5, 5.41) is 10.5. The van der Waals surface area contributed by atoms with E-state index in [9.17, 15) is 119 Å². The maximum absolute atomic E-state index is 13.7. The molecule has 23 nitrogen and oxygen atoms in total. The van der Waals surface area contributed by atoms with E-state index < -0.39 is 185 Å². The molecule has 0 aromatic rings. The van der Waals surface area contributed by atoms with E-state index in [0.717, 1.165) is 147 Å². The average Bonchev–Trinajstić information content (AvgIpc) is 1.10. The lowest BCUT2D eigenvalue weighted by Crippen LogP contribution is -2.66. The average molecular weight is 2050 g/mol. The Kier molecular flexibility index (Phi) is 29.2. The monoisotopic (exact) mass is 2050 g/mol. The summed E-state index contributed by atoms with van der Waals surface area (Å²) in [5.74, 6) is -31.5. The third-order valence-electron chi connectivity index (χ3n) is 37.7. The van der Waals surface area contributed by atoms with Crippen molar-refractivity contribution in [2.45, 2.75) is 381 Å². The number of carbonyl (C=O) groups excluding carboxylic acids is 9. The quantitative estimate of drug-likeness (QED) is 0.0406. The van der Waals surface area contributed by atoms with Gasteiger partial charge in [0.2, 0.25) is 0 Å². The number of aliphatic hydroxyl groups is 1. The van der Waals surface area contributed by atoms with Gasteiger partial charge in [0.1, 0.15) is 36.6 Å². The maximum atomic E-state index is 13.7. The summed E-state index contributed by atoms with van der Waals surface area (Å²) in [4.78, 5) is 108. The molecule has 29 aliphatic rings. The van der Waals surface area contributed by atoms with Crippen LogP contribution in [-0.2, 0) is 105 Å². The van der Waals surface area contributed by atoms with Gasteiger partial charge in [0.25, 0.3) is 11.8 Å². The first-order valence-electron chi connectivity index (χ1n) is 51.9. The fraction of sp³-hybridized carbons (Fsp3) is 0.913. The zero-order chi connectivity index (χ0) is 103. The van der Waals surface area contributed by atoms with Crippen molar-refractivity contribution < 1.29 is 180 Å². The van der Waals surface area contributed by atoms with Crippen molar-refractivity contribution in [3.05, 3.63) is 0 Å². The molecule has 802 valence electrons. The van der Waals surface area contributed by atoms with Crippen LogP contribution in [0.2, 0.25) is 0 Å². The lowest BCUT2D eigenvalue weighted by atomic mass is 9.48. The molecule has 0 aromatic heterocycles. The Labute approximate surface area is 816 Å². The van der Waals surface area contributed by atoms with Gasteiger partial charge in [-0.1, -0.05) is 6.92 Å². The minimum atomic E-state index is -4.36. The van der Waals surface area contributed by atoms with Gasteiger partial charge >= 0.3 is 89.3 Å². The molecular weight excluding hydrogens is 1910 g/mol.